The molecule has 0 radical (unpaired) electrons. The van der Waals surface area contributed by atoms with Crippen molar-refractivity contribution in [3.05, 3.63) is 53.5 Å². The van der Waals surface area contributed by atoms with Gasteiger partial charge in [-0.15, -0.1) is 0 Å². The van der Waals surface area contributed by atoms with Crippen LogP contribution >= 0.6 is 0 Å². The molecule has 0 bridgehead atoms. The molecule has 0 aliphatic carbocycles. The number of hydrogen-bond donors (Lipinski definition) is 1. The molecule has 2 rings (SSSR count). The number of nitrogens with one attached hydrogen (secondary N) is 1. The van der Waals surface area contributed by atoms with E-state index in [1.54, 1.807) is 6.26 Å². The monoisotopic (exact) mass is 259 g/mol. The number of hydrogen-bond acceptors (Lipinski definition) is 3. The van der Waals surface area contributed by atoms with E-state index in [9.17, 15) is 0 Å². The molecule has 3 nitrogen and oxygen atoms in total. The van der Waals surface area contributed by atoms with Crippen molar-refractivity contribution >= 4 is 0 Å². The van der Waals surface area contributed by atoms with Crippen LogP contribution in [0.5, 0.6) is 5.75 Å². The number of ether oxygens (including phenoxy) is 1. The molecule has 0 atom stereocenters. The van der Waals surface area contributed by atoms with E-state index in [1.807, 2.05) is 31.3 Å². The van der Waals surface area contributed by atoms with Crippen LogP contribution in [0.3, 0.4) is 0 Å². The second-order valence-corrected chi connectivity index (χ2v) is 4.93. The van der Waals surface area contributed by atoms with Crippen LogP contribution in [0.25, 0.3) is 0 Å². The van der Waals surface area contributed by atoms with Crippen LogP contribution in [0.15, 0.2) is 41.0 Å². The molecule has 0 aliphatic heterocycles. The molecular formula is C16H21NO2. The summed E-state index contributed by atoms with van der Waals surface area (Å²) >= 11 is 0. The average Bonchev–Trinajstić information content (AvgIpc) is 2.85. The van der Waals surface area contributed by atoms with Gasteiger partial charge < -0.3 is 14.5 Å². The van der Waals surface area contributed by atoms with Crippen molar-refractivity contribution in [2.45, 2.75) is 32.9 Å². The maximum Gasteiger partial charge on any atom is 0.146 e. The summed E-state index contributed by atoms with van der Waals surface area (Å²) < 4.78 is 11.3. The Morgan fingerprint density at radius 2 is 2.05 bits per heavy atom. The second kappa shape index (κ2) is 6.43. The summed E-state index contributed by atoms with van der Waals surface area (Å²) in [5, 5.41) is 3.09. The highest BCUT2D eigenvalue weighted by Crippen LogP contribution is 2.26. The lowest BCUT2D eigenvalue weighted by Crippen LogP contribution is -2.03. The molecule has 0 saturated heterocycles. The van der Waals surface area contributed by atoms with Crippen molar-refractivity contribution in [2.24, 2.45) is 0 Å². The maximum atomic E-state index is 5.86. The molecule has 102 valence electrons. The Bertz CT molecular complexity index is 517. The molecule has 0 aliphatic rings. The lowest BCUT2D eigenvalue weighted by Gasteiger charge is -2.12. The Hall–Kier alpha value is -1.74. The Morgan fingerprint density at radius 3 is 2.79 bits per heavy atom. The van der Waals surface area contributed by atoms with Gasteiger partial charge in [0, 0.05) is 12.1 Å². The highest BCUT2D eigenvalue weighted by Gasteiger charge is 2.08. The highest BCUT2D eigenvalue weighted by molar-refractivity contribution is 5.35. The predicted molar refractivity (Wildman–Crippen MR) is 76.3 cm³/mol. The van der Waals surface area contributed by atoms with Crippen LogP contribution in [0.1, 0.15) is 36.7 Å². The Balaban J connectivity index is 2.01. The van der Waals surface area contributed by atoms with Crippen molar-refractivity contribution in [1.29, 1.82) is 0 Å². The fourth-order valence-corrected chi connectivity index (χ4v) is 2.04. The molecule has 1 aromatic carbocycles. The molecule has 1 aromatic heterocycles. The van der Waals surface area contributed by atoms with Crippen LogP contribution < -0.4 is 10.1 Å². The van der Waals surface area contributed by atoms with Gasteiger partial charge in [0.1, 0.15) is 18.1 Å². The largest absolute Gasteiger partial charge is 0.485 e. The number of para-hydroxylation sites is 1. The molecule has 3 heteroatoms. The van der Waals surface area contributed by atoms with E-state index >= 15 is 0 Å². The van der Waals surface area contributed by atoms with E-state index in [1.165, 1.54) is 5.56 Å². The van der Waals surface area contributed by atoms with E-state index < -0.39 is 0 Å². The molecule has 0 spiro atoms. The standard InChI is InChI=1S/C16H21NO2/c1-12(2)15-6-4-5-7-16(15)19-11-14-8-13(9-17-3)10-18-14/h4-8,10,12,17H,9,11H2,1-3H3. The number of rotatable bonds is 6. The van der Waals surface area contributed by atoms with Gasteiger partial charge in [-0.1, -0.05) is 32.0 Å². The van der Waals surface area contributed by atoms with Crippen molar-refractivity contribution in [2.75, 3.05) is 7.05 Å². The summed E-state index contributed by atoms with van der Waals surface area (Å²) in [5.74, 6) is 2.24. The van der Waals surface area contributed by atoms with Crippen LogP contribution in [0.4, 0.5) is 0 Å². The summed E-state index contributed by atoms with van der Waals surface area (Å²) in [6.45, 7) is 5.61. The van der Waals surface area contributed by atoms with Crippen molar-refractivity contribution in [3.63, 3.8) is 0 Å². The van der Waals surface area contributed by atoms with Crippen LogP contribution in [-0.4, -0.2) is 7.05 Å². The number of furan rings is 1. The van der Waals surface area contributed by atoms with E-state index in [-0.39, 0.29) is 0 Å². The molecule has 19 heavy (non-hydrogen) atoms. The normalized spacial score (nSPS) is 10.9. The predicted octanol–water partition coefficient (Wildman–Crippen LogP) is 3.70. The zero-order chi connectivity index (χ0) is 13.7. The minimum absolute atomic E-state index is 0.452. The molecule has 0 saturated carbocycles. The van der Waals surface area contributed by atoms with Crippen LogP contribution in [-0.2, 0) is 13.2 Å². The van der Waals surface area contributed by atoms with Gasteiger partial charge in [-0.3, -0.25) is 0 Å². The minimum Gasteiger partial charge on any atom is -0.485 e. The van der Waals surface area contributed by atoms with E-state index in [0.29, 0.717) is 12.5 Å². The Labute approximate surface area is 114 Å². The van der Waals surface area contributed by atoms with Gasteiger partial charge in [0.2, 0.25) is 0 Å². The van der Waals surface area contributed by atoms with Crippen molar-refractivity contribution < 1.29 is 9.15 Å². The zero-order valence-electron chi connectivity index (χ0n) is 11.8. The maximum absolute atomic E-state index is 5.86. The first kappa shape index (κ1) is 13.7. The molecular weight excluding hydrogens is 238 g/mol. The summed E-state index contributed by atoms with van der Waals surface area (Å²) in [5.41, 5.74) is 2.36. The van der Waals surface area contributed by atoms with E-state index in [4.69, 9.17) is 9.15 Å². The molecule has 1 heterocycles. The van der Waals surface area contributed by atoms with Gasteiger partial charge in [-0.25, -0.2) is 0 Å². The van der Waals surface area contributed by atoms with Gasteiger partial charge in [0.05, 0.1) is 6.26 Å². The second-order valence-electron chi connectivity index (χ2n) is 4.93. The summed E-state index contributed by atoms with van der Waals surface area (Å²) in [6, 6.07) is 10.2. The quantitative estimate of drug-likeness (QED) is 0.859. The molecule has 2 aromatic rings. The zero-order valence-corrected chi connectivity index (χ0v) is 11.8. The van der Waals surface area contributed by atoms with Crippen molar-refractivity contribution in [1.82, 2.24) is 5.32 Å². The lowest BCUT2D eigenvalue weighted by atomic mass is 10.0. The minimum atomic E-state index is 0.452. The first-order valence-electron chi connectivity index (χ1n) is 6.63. The SMILES string of the molecule is CNCc1coc(COc2ccccc2C(C)C)c1. The average molecular weight is 259 g/mol. The summed E-state index contributed by atoms with van der Waals surface area (Å²) in [4.78, 5) is 0. The summed E-state index contributed by atoms with van der Waals surface area (Å²) in [6.07, 6.45) is 1.77. The highest BCUT2D eigenvalue weighted by atomic mass is 16.5. The van der Waals surface area contributed by atoms with Gasteiger partial charge in [-0.2, -0.15) is 0 Å². The Kier molecular flexibility index (Phi) is 4.63. The van der Waals surface area contributed by atoms with Crippen LogP contribution in [0, 0.1) is 0 Å². The van der Waals surface area contributed by atoms with E-state index in [2.05, 4.69) is 25.2 Å². The molecule has 1 N–H and O–H groups in total. The lowest BCUT2D eigenvalue weighted by molar-refractivity contribution is 0.267. The number of benzene rings is 1. The van der Waals surface area contributed by atoms with Crippen LogP contribution in [0.2, 0.25) is 0 Å². The summed E-state index contributed by atoms with van der Waals surface area (Å²) in [7, 11) is 1.92. The van der Waals surface area contributed by atoms with Gasteiger partial charge in [0.25, 0.3) is 0 Å². The van der Waals surface area contributed by atoms with Crippen molar-refractivity contribution in [3.8, 4) is 5.75 Å². The topological polar surface area (TPSA) is 34.4 Å². The Morgan fingerprint density at radius 1 is 1.26 bits per heavy atom. The third-order valence-electron chi connectivity index (χ3n) is 3.00. The van der Waals surface area contributed by atoms with Gasteiger partial charge >= 0.3 is 0 Å². The fourth-order valence-electron chi connectivity index (χ4n) is 2.04. The van der Waals surface area contributed by atoms with E-state index in [0.717, 1.165) is 23.6 Å². The van der Waals surface area contributed by atoms with Gasteiger partial charge in [0.15, 0.2) is 0 Å². The van der Waals surface area contributed by atoms with Gasteiger partial charge in [-0.05, 0) is 30.7 Å². The molecule has 0 amide bonds. The third-order valence-corrected chi connectivity index (χ3v) is 3.00. The molecule has 0 unspecified atom stereocenters. The fraction of sp³-hybridized carbons (Fsp3) is 0.375. The smallest absolute Gasteiger partial charge is 0.146 e. The third kappa shape index (κ3) is 3.61. The molecule has 0 fully saturated rings. The first-order valence-corrected chi connectivity index (χ1v) is 6.63. The first-order chi connectivity index (χ1) is 9.20.